The van der Waals surface area contributed by atoms with Gasteiger partial charge >= 0.3 is 0 Å². The Morgan fingerprint density at radius 3 is 2.23 bits per heavy atom. The topological polar surface area (TPSA) is 118 Å². The summed E-state index contributed by atoms with van der Waals surface area (Å²) in [5, 5.41) is 12.8. The predicted octanol–water partition coefficient (Wildman–Crippen LogP) is 3.11. The van der Waals surface area contributed by atoms with E-state index in [1.165, 1.54) is 26.0 Å². The number of hydrogen-bond acceptors (Lipinski definition) is 7. The minimum atomic E-state index is -0.286. The van der Waals surface area contributed by atoms with Crippen LogP contribution >= 0.6 is 11.8 Å². The fourth-order valence-corrected chi connectivity index (χ4v) is 3.22. The number of nitrogens with one attached hydrogen (secondary N) is 3. The van der Waals surface area contributed by atoms with Crippen molar-refractivity contribution in [3.63, 3.8) is 0 Å². The van der Waals surface area contributed by atoms with Crippen LogP contribution in [0.5, 0.6) is 11.5 Å². The maximum absolute atomic E-state index is 12.5. The van der Waals surface area contributed by atoms with Crippen LogP contribution in [0.2, 0.25) is 0 Å². The van der Waals surface area contributed by atoms with Crippen molar-refractivity contribution in [2.45, 2.75) is 12.1 Å². The summed E-state index contributed by atoms with van der Waals surface area (Å²) in [7, 11) is 2.96. The lowest BCUT2D eigenvalue weighted by Crippen LogP contribution is -2.16. The number of benzene rings is 2. The van der Waals surface area contributed by atoms with Crippen molar-refractivity contribution in [1.29, 1.82) is 0 Å². The van der Waals surface area contributed by atoms with Crippen LogP contribution in [0.25, 0.3) is 0 Å². The van der Waals surface area contributed by atoms with E-state index in [4.69, 9.17) is 9.47 Å². The third-order valence-corrected chi connectivity index (χ3v) is 4.84. The molecule has 0 fully saturated rings. The average molecular weight is 427 g/mol. The summed E-state index contributed by atoms with van der Waals surface area (Å²) in [5.74, 6) is 1.01. The molecule has 0 spiro atoms. The van der Waals surface area contributed by atoms with Crippen LogP contribution < -0.4 is 20.1 Å². The molecule has 3 aromatic rings. The highest BCUT2D eigenvalue weighted by Gasteiger charge is 2.16. The van der Waals surface area contributed by atoms with Gasteiger partial charge in [0.05, 0.1) is 31.3 Å². The van der Waals surface area contributed by atoms with Gasteiger partial charge in [0.1, 0.15) is 17.3 Å². The third-order valence-electron chi connectivity index (χ3n) is 3.99. The van der Waals surface area contributed by atoms with Crippen molar-refractivity contribution < 1.29 is 19.1 Å². The molecule has 0 saturated heterocycles. The second-order valence-corrected chi connectivity index (χ2v) is 7.06. The van der Waals surface area contributed by atoms with Gasteiger partial charge in [-0.1, -0.05) is 30.0 Å². The maximum atomic E-state index is 12.5. The summed E-state index contributed by atoms with van der Waals surface area (Å²) in [5.41, 5.74) is 1.35. The van der Waals surface area contributed by atoms with Gasteiger partial charge in [-0.25, -0.2) is 4.98 Å². The lowest BCUT2D eigenvalue weighted by atomic mass is 10.2. The molecule has 156 valence electrons. The summed E-state index contributed by atoms with van der Waals surface area (Å²) in [6, 6.07) is 12.0. The molecule has 10 heteroatoms. The molecule has 30 heavy (non-hydrogen) atoms. The Balaban J connectivity index is 1.73. The lowest BCUT2D eigenvalue weighted by molar-refractivity contribution is -0.113. The number of amides is 2. The molecule has 0 aliphatic carbocycles. The second-order valence-electron chi connectivity index (χ2n) is 6.11. The first-order chi connectivity index (χ1) is 14.5. The number of nitrogens with zero attached hydrogens (tertiary/aromatic N) is 2. The van der Waals surface area contributed by atoms with Crippen molar-refractivity contribution in [1.82, 2.24) is 15.2 Å². The average Bonchev–Trinajstić information content (AvgIpc) is 3.18. The Bertz CT molecular complexity index is 1040. The zero-order chi connectivity index (χ0) is 21.5. The molecule has 9 nitrogen and oxygen atoms in total. The fourth-order valence-electron chi connectivity index (χ4n) is 2.58. The number of methoxy groups -OCH3 is 2. The van der Waals surface area contributed by atoms with Gasteiger partial charge in [-0.05, 0) is 19.1 Å². The Morgan fingerprint density at radius 2 is 1.67 bits per heavy atom. The molecule has 2 amide bonds. The zero-order valence-electron chi connectivity index (χ0n) is 16.7. The highest BCUT2D eigenvalue weighted by atomic mass is 32.2. The van der Waals surface area contributed by atoms with E-state index < -0.39 is 0 Å². The van der Waals surface area contributed by atoms with Gasteiger partial charge < -0.3 is 20.1 Å². The van der Waals surface area contributed by atoms with E-state index in [0.29, 0.717) is 39.4 Å². The van der Waals surface area contributed by atoms with Crippen LogP contribution in [0, 0.1) is 6.92 Å². The first kappa shape index (κ1) is 21.2. The molecular formula is C20H21N5O4S. The number of aromatic nitrogens is 3. The summed E-state index contributed by atoms with van der Waals surface area (Å²) >= 11 is 1.21. The van der Waals surface area contributed by atoms with Gasteiger partial charge in [0.15, 0.2) is 0 Å². The molecule has 2 aromatic carbocycles. The van der Waals surface area contributed by atoms with E-state index in [-0.39, 0.29) is 17.6 Å². The van der Waals surface area contributed by atoms with Crippen molar-refractivity contribution in [3.05, 3.63) is 53.9 Å². The number of ether oxygens (including phenoxy) is 2. The largest absolute Gasteiger partial charge is 0.494 e. The van der Waals surface area contributed by atoms with E-state index in [1.54, 1.807) is 43.3 Å². The van der Waals surface area contributed by atoms with Crippen LogP contribution in [0.1, 0.15) is 16.2 Å². The molecular weight excluding hydrogens is 406 g/mol. The molecule has 0 aliphatic heterocycles. The molecule has 0 unspecified atom stereocenters. The van der Waals surface area contributed by atoms with Crippen molar-refractivity contribution in [2.24, 2.45) is 0 Å². The maximum Gasteiger partial charge on any atom is 0.255 e. The standard InChI is InChI=1S/C20H21N5O4S/c1-12-21-20(25-24-12)30-11-18(26)22-14-9-17(29-3)15(10-16(14)28-2)23-19(27)13-7-5-4-6-8-13/h4-10H,11H2,1-3H3,(H,22,26)(H,23,27)(H,21,24,25). The van der Waals surface area contributed by atoms with Gasteiger partial charge in [0, 0.05) is 17.7 Å². The Morgan fingerprint density at radius 1 is 1.03 bits per heavy atom. The molecule has 0 radical (unpaired) electrons. The summed E-state index contributed by atoms with van der Waals surface area (Å²) in [4.78, 5) is 29.0. The predicted molar refractivity (Wildman–Crippen MR) is 114 cm³/mol. The monoisotopic (exact) mass is 427 g/mol. The highest BCUT2D eigenvalue weighted by Crippen LogP contribution is 2.36. The highest BCUT2D eigenvalue weighted by molar-refractivity contribution is 7.99. The minimum absolute atomic E-state index is 0.120. The number of carbonyl (C=O) groups is 2. The van der Waals surface area contributed by atoms with Gasteiger partial charge in [-0.3, -0.25) is 14.7 Å². The minimum Gasteiger partial charge on any atom is -0.494 e. The SMILES string of the molecule is COc1cc(NC(=O)c2ccccc2)c(OC)cc1NC(=O)CSc1n[nH]c(C)n1. The number of rotatable bonds is 8. The smallest absolute Gasteiger partial charge is 0.255 e. The number of thioether (sulfide) groups is 1. The first-order valence-electron chi connectivity index (χ1n) is 8.94. The second kappa shape index (κ2) is 9.79. The van der Waals surface area contributed by atoms with Crippen molar-refractivity contribution in [3.8, 4) is 11.5 Å². The molecule has 3 rings (SSSR count). The quantitative estimate of drug-likeness (QED) is 0.473. The number of carbonyl (C=O) groups excluding carboxylic acids is 2. The van der Waals surface area contributed by atoms with Crippen LogP contribution in [-0.4, -0.2) is 47.0 Å². The Hall–Kier alpha value is -3.53. The molecule has 0 bridgehead atoms. The van der Waals surface area contributed by atoms with Gasteiger partial charge in [0.2, 0.25) is 11.1 Å². The zero-order valence-corrected chi connectivity index (χ0v) is 17.5. The first-order valence-corrected chi connectivity index (χ1v) is 9.92. The number of H-pyrrole nitrogens is 1. The van der Waals surface area contributed by atoms with Crippen LogP contribution in [-0.2, 0) is 4.79 Å². The van der Waals surface area contributed by atoms with Gasteiger partial charge in [0.25, 0.3) is 5.91 Å². The number of hydrogen-bond donors (Lipinski definition) is 3. The number of anilines is 2. The Labute approximate surface area is 177 Å². The molecule has 0 aliphatic rings. The number of aromatic amines is 1. The summed E-state index contributed by atoms with van der Waals surface area (Å²) in [6.07, 6.45) is 0. The van der Waals surface area contributed by atoms with Crippen molar-refractivity contribution >= 4 is 35.0 Å². The van der Waals surface area contributed by atoms with Gasteiger partial charge in [-0.2, -0.15) is 0 Å². The van der Waals surface area contributed by atoms with E-state index in [2.05, 4.69) is 25.8 Å². The number of aryl methyl sites for hydroxylation is 1. The summed E-state index contributed by atoms with van der Waals surface area (Å²) < 4.78 is 10.8. The third kappa shape index (κ3) is 5.29. The molecule has 1 heterocycles. The van der Waals surface area contributed by atoms with E-state index >= 15 is 0 Å². The van der Waals surface area contributed by atoms with E-state index in [9.17, 15) is 9.59 Å². The normalized spacial score (nSPS) is 10.4. The molecule has 1 aromatic heterocycles. The fraction of sp³-hybridized carbons (Fsp3) is 0.200. The lowest BCUT2D eigenvalue weighted by Gasteiger charge is -2.16. The van der Waals surface area contributed by atoms with Crippen molar-refractivity contribution in [2.75, 3.05) is 30.6 Å². The van der Waals surface area contributed by atoms with E-state index in [1.807, 2.05) is 6.07 Å². The summed E-state index contributed by atoms with van der Waals surface area (Å²) in [6.45, 7) is 1.78. The Kier molecular flexibility index (Phi) is 6.91. The molecule has 0 saturated carbocycles. The van der Waals surface area contributed by atoms with E-state index in [0.717, 1.165) is 0 Å². The molecule has 3 N–H and O–H groups in total. The van der Waals surface area contributed by atoms with Gasteiger partial charge in [-0.15, -0.1) is 5.10 Å². The van der Waals surface area contributed by atoms with Crippen LogP contribution in [0.4, 0.5) is 11.4 Å². The van der Waals surface area contributed by atoms with Crippen LogP contribution in [0.3, 0.4) is 0 Å². The molecule has 0 atom stereocenters. The van der Waals surface area contributed by atoms with Crippen LogP contribution in [0.15, 0.2) is 47.6 Å².